The highest BCUT2D eigenvalue weighted by molar-refractivity contribution is 5.67. The van der Waals surface area contributed by atoms with E-state index in [-0.39, 0.29) is 12.3 Å². The van der Waals surface area contributed by atoms with E-state index in [4.69, 9.17) is 5.11 Å². The van der Waals surface area contributed by atoms with E-state index in [0.717, 1.165) is 5.56 Å². The Labute approximate surface area is 101 Å². The van der Waals surface area contributed by atoms with E-state index in [1.807, 2.05) is 0 Å². The van der Waals surface area contributed by atoms with Gasteiger partial charge in [-0.3, -0.25) is 0 Å². The summed E-state index contributed by atoms with van der Waals surface area (Å²) in [7, 11) is 0. The topological polar surface area (TPSA) is 58.6 Å². The monoisotopic (exact) mass is 263 g/mol. The minimum atomic E-state index is -4.52. The van der Waals surface area contributed by atoms with Crippen molar-refractivity contribution in [2.75, 3.05) is 13.2 Å². The Bertz CT molecular complexity index is 390. The van der Waals surface area contributed by atoms with Crippen molar-refractivity contribution < 1.29 is 27.8 Å². The number of aromatic hydroxyl groups is 1. The van der Waals surface area contributed by atoms with E-state index in [2.05, 4.69) is 10.1 Å². The molecule has 0 aliphatic rings. The number of nitrogens with one attached hydrogen (secondary N) is 1. The number of rotatable bonds is 4. The third-order valence-corrected chi connectivity index (χ3v) is 1.99. The van der Waals surface area contributed by atoms with E-state index >= 15 is 0 Å². The molecule has 0 spiro atoms. The summed E-state index contributed by atoms with van der Waals surface area (Å²) in [4.78, 5) is 10.9. The van der Waals surface area contributed by atoms with E-state index in [1.165, 1.54) is 12.1 Å². The summed E-state index contributed by atoms with van der Waals surface area (Å²) in [6.45, 7) is -1.44. The first kappa shape index (κ1) is 14.1. The standard InChI is InChI=1S/C11H12F3NO3/c12-11(13,14)7-18-10(17)15-6-5-8-1-3-9(16)4-2-8/h1-4,16H,5-7H2,(H,15,17). The minimum absolute atomic E-state index is 0.122. The third kappa shape index (κ3) is 5.97. The van der Waals surface area contributed by atoms with Crippen molar-refractivity contribution >= 4 is 6.09 Å². The zero-order valence-electron chi connectivity index (χ0n) is 9.33. The highest BCUT2D eigenvalue weighted by Gasteiger charge is 2.29. The molecule has 0 aromatic heterocycles. The minimum Gasteiger partial charge on any atom is -0.508 e. The summed E-state index contributed by atoms with van der Waals surface area (Å²) < 4.78 is 39.1. The summed E-state index contributed by atoms with van der Waals surface area (Å²) in [5.74, 6) is 0.122. The van der Waals surface area contributed by atoms with Crippen LogP contribution in [0.15, 0.2) is 24.3 Å². The largest absolute Gasteiger partial charge is 0.508 e. The molecule has 1 aromatic rings. The first-order valence-electron chi connectivity index (χ1n) is 5.12. The lowest BCUT2D eigenvalue weighted by atomic mass is 10.1. The van der Waals surface area contributed by atoms with Gasteiger partial charge in [0, 0.05) is 6.54 Å². The molecule has 0 aliphatic carbocycles. The quantitative estimate of drug-likeness (QED) is 0.875. The molecule has 1 rings (SSSR count). The number of alkyl halides is 3. The molecular weight excluding hydrogens is 251 g/mol. The van der Waals surface area contributed by atoms with Crippen LogP contribution < -0.4 is 5.32 Å². The van der Waals surface area contributed by atoms with Gasteiger partial charge in [-0.2, -0.15) is 13.2 Å². The number of benzene rings is 1. The number of carbonyl (C=O) groups excluding carboxylic acids is 1. The molecular formula is C11H12F3NO3. The molecule has 0 saturated carbocycles. The fourth-order valence-electron chi connectivity index (χ4n) is 1.17. The van der Waals surface area contributed by atoms with Crippen LogP contribution in [0.5, 0.6) is 5.75 Å². The van der Waals surface area contributed by atoms with Crippen molar-refractivity contribution in [2.24, 2.45) is 0 Å². The Balaban J connectivity index is 2.21. The third-order valence-electron chi connectivity index (χ3n) is 1.99. The van der Waals surface area contributed by atoms with Gasteiger partial charge >= 0.3 is 12.3 Å². The molecule has 7 heteroatoms. The molecule has 0 aliphatic heterocycles. The molecule has 0 bridgehead atoms. The van der Waals surface area contributed by atoms with Crippen LogP contribution in [-0.2, 0) is 11.2 Å². The summed E-state index contributed by atoms with van der Waals surface area (Å²) in [6, 6.07) is 6.27. The Morgan fingerprint density at radius 2 is 1.89 bits per heavy atom. The summed E-state index contributed by atoms with van der Waals surface area (Å²) >= 11 is 0. The van der Waals surface area contributed by atoms with Crippen molar-refractivity contribution in [3.8, 4) is 5.75 Å². The van der Waals surface area contributed by atoms with Crippen LogP contribution in [0, 0.1) is 0 Å². The number of phenolic OH excluding ortho intramolecular Hbond substituents is 1. The molecule has 4 nitrogen and oxygen atoms in total. The average molecular weight is 263 g/mol. The lowest BCUT2D eigenvalue weighted by molar-refractivity contribution is -0.160. The number of carbonyl (C=O) groups is 1. The normalized spacial score (nSPS) is 11.1. The molecule has 2 N–H and O–H groups in total. The maximum atomic E-state index is 11.7. The van der Waals surface area contributed by atoms with Crippen molar-refractivity contribution in [1.82, 2.24) is 5.32 Å². The van der Waals surface area contributed by atoms with E-state index < -0.39 is 18.9 Å². The van der Waals surface area contributed by atoms with Crippen LogP contribution in [0.1, 0.15) is 5.56 Å². The predicted molar refractivity (Wildman–Crippen MR) is 57.2 cm³/mol. The van der Waals surface area contributed by atoms with Gasteiger partial charge in [-0.05, 0) is 24.1 Å². The SMILES string of the molecule is O=C(NCCc1ccc(O)cc1)OCC(F)(F)F. The van der Waals surface area contributed by atoms with Gasteiger partial charge in [-0.15, -0.1) is 0 Å². The first-order valence-corrected chi connectivity index (χ1v) is 5.12. The molecule has 0 unspecified atom stereocenters. The molecule has 0 atom stereocenters. The molecule has 100 valence electrons. The van der Waals surface area contributed by atoms with Gasteiger partial charge in [0.25, 0.3) is 0 Å². The van der Waals surface area contributed by atoms with Crippen LogP contribution in [-0.4, -0.2) is 30.5 Å². The zero-order chi connectivity index (χ0) is 13.6. The van der Waals surface area contributed by atoms with E-state index in [0.29, 0.717) is 6.42 Å². The average Bonchev–Trinajstić information content (AvgIpc) is 2.28. The number of amides is 1. The van der Waals surface area contributed by atoms with Gasteiger partial charge < -0.3 is 15.2 Å². The predicted octanol–water partition coefficient (Wildman–Crippen LogP) is 2.22. The Morgan fingerprint density at radius 1 is 1.28 bits per heavy atom. The molecule has 0 fully saturated rings. The second-order valence-electron chi connectivity index (χ2n) is 3.53. The van der Waals surface area contributed by atoms with Crippen LogP contribution in [0.25, 0.3) is 0 Å². The zero-order valence-corrected chi connectivity index (χ0v) is 9.33. The fraction of sp³-hybridized carbons (Fsp3) is 0.364. The van der Waals surface area contributed by atoms with Gasteiger partial charge in [0.05, 0.1) is 0 Å². The van der Waals surface area contributed by atoms with Crippen LogP contribution in [0.4, 0.5) is 18.0 Å². The number of halogens is 3. The van der Waals surface area contributed by atoms with E-state index in [9.17, 15) is 18.0 Å². The highest BCUT2D eigenvalue weighted by Crippen LogP contribution is 2.14. The van der Waals surface area contributed by atoms with Gasteiger partial charge in [0.2, 0.25) is 0 Å². The molecule has 1 aromatic carbocycles. The number of hydrogen-bond acceptors (Lipinski definition) is 3. The Hall–Kier alpha value is -1.92. The van der Waals surface area contributed by atoms with E-state index in [1.54, 1.807) is 12.1 Å². The smallest absolute Gasteiger partial charge is 0.422 e. The van der Waals surface area contributed by atoms with Gasteiger partial charge in [0.1, 0.15) is 5.75 Å². The Kier molecular flexibility index (Phi) is 4.82. The van der Waals surface area contributed by atoms with Gasteiger partial charge in [0.15, 0.2) is 6.61 Å². The first-order chi connectivity index (χ1) is 8.37. The van der Waals surface area contributed by atoms with Crippen molar-refractivity contribution in [3.63, 3.8) is 0 Å². The number of phenols is 1. The van der Waals surface area contributed by atoms with Crippen LogP contribution >= 0.6 is 0 Å². The second-order valence-corrected chi connectivity index (χ2v) is 3.53. The van der Waals surface area contributed by atoms with Crippen molar-refractivity contribution in [1.29, 1.82) is 0 Å². The molecule has 18 heavy (non-hydrogen) atoms. The summed E-state index contributed by atoms with van der Waals surface area (Å²) in [5.41, 5.74) is 0.837. The fourth-order valence-corrected chi connectivity index (χ4v) is 1.17. The van der Waals surface area contributed by atoms with Gasteiger partial charge in [-0.1, -0.05) is 12.1 Å². The maximum absolute atomic E-state index is 11.7. The number of hydrogen-bond donors (Lipinski definition) is 2. The number of alkyl carbamates (subject to hydrolysis) is 1. The van der Waals surface area contributed by atoms with Crippen LogP contribution in [0.3, 0.4) is 0 Å². The maximum Gasteiger partial charge on any atom is 0.422 e. The molecule has 0 radical (unpaired) electrons. The van der Waals surface area contributed by atoms with Crippen LogP contribution in [0.2, 0.25) is 0 Å². The van der Waals surface area contributed by atoms with Gasteiger partial charge in [-0.25, -0.2) is 4.79 Å². The van der Waals surface area contributed by atoms with Crippen molar-refractivity contribution in [3.05, 3.63) is 29.8 Å². The second kappa shape index (κ2) is 6.13. The Morgan fingerprint density at radius 3 is 2.44 bits per heavy atom. The summed E-state index contributed by atoms with van der Waals surface area (Å²) in [6.07, 6.45) is -5.19. The molecule has 0 saturated heterocycles. The summed E-state index contributed by atoms with van der Waals surface area (Å²) in [5, 5.41) is 11.2. The lowest BCUT2D eigenvalue weighted by Gasteiger charge is -2.09. The lowest BCUT2D eigenvalue weighted by Crippen LogP contribution is -2.30. The highest BCUT2D eigenvalue weighted by atomic mass is 19.4. The molecule has 0 heterocycles. The number of ether oxygens (including phenoxy) is 1. The van der Waals surface area contributed by atoms with Crippen molar-refractivity contribution in [2.45, 2.75) is 12.6 Å². The molecule has 1 amide bonds.